The van der Waals surface area contributed by atoms with E-state index < -0.39 is 11.3 Å². The van der Waals surface area contributed by atoms with Crippen molar-refractivity contribution in [2.45, 2.75) is 13.5 Å². The molecule has 116 valence electrons. The lowest BCUT2D eigenvalue weighted by Crippen LogP contribution is -2.44. The number of nitrogens with zero attached hydrogens (tertiary/aromatic N) is 4. The van der Waals surface area contributed by atoms with E-state index in [1.807, 2.05) is 6.92 Å². The number of anilines is 1. The highest BCUT2D eigenvalue weighted by Gasteiger charge is 2.17. The molecule has 2 aromatic rings. The van der Waals surface area contributed by atoms with Gasteiger partial charge in [0.2, 0.25) is 11.4 Å². The topological polar surface area (TPSA) is 106 Å². The Kier molecular flexibility index (Phi) is 3.76. The number of nitrogens with one attached hydrogen (secondary N) is 1. The number of aryl methyl sites for hydroxylation is 1. The highest BCUT2D eigenvalue weighted by molar-refractivity contribution is 5.95. The summed E-state index contributed by atoms with van der Waals surface area (Å²) in [7, 11) is 0. The monoisotopic (exact) mass is 302 g/mol. The number of carbonyl (C=O) groups is 1. The zero-order valence-electron chi connectivity index (χ0n) is 12.4. The number of carbonyl (C=O) groups excluding carboxylic acids is 1. The zero-order valence-corrected chi connectivity index (χ0v) is 12.4. The molecule has 22 heavy (non-hydrogen) atoms. The van der Waals surface area contributed by atoms with Crippen LogP contribution in [0.25, 0.3) is 11.0 Å². The van der Waals surface area contributed by atoms with Gasteiger partial charge in [-0.2, -0.15) is 4.98 Å². The third kappa shape index (κ3) is 2.41. The number of hydrogen-bond acceptors (Lipinski definition) is 6. The summed E-state index contributed by atoms with van der Waals surface area (Å²) in [6.45, 7) is 5.89. The number of nitrogens with two attached hydrogens (primary N) is 1. The lowest BCUT2D eigenvalue weighted by atomic mass is 10.2. The summed E-state index contributed by atoms with van der Waals surface area (Å²) < 4.78 is 1.75. The summed E-state index contributed by atoms with van der Waals surface area (Å²) in [5.74, 6) is -0.136. The first kappa shape index (κ1) is 14.5. The molecule has 0 aromatic carbocycles. The molecular weight excluding hydrogens is 284 g/mol. The standard InChI is InChI=1S/C14H18N6O2/c1-2-19-8-10(12(15)22)11(21)9-7-17-14(18-13(9)19)20-5-3-16-4-6-20/h7-8,16H,2-6H2,1H3,(H2,15,22). The number of primary amides is 1. The van der Waals surface area contributed by atoms with E-state index in [1.165, 1.54) is 12.4 Å². The third-order valence-electron chi connectivity index (χ3n) is 3.81. The summed E-state index contributed by atoms with van der Waals surface area (Å²) >= 11 is 0. The van der Waals surface area contributed by atoms with E-state index in [0.717, 1.165) is 26.2 Å². The normalized spacial score (nSPS) is 15.2. The summed E-state index contributed by atoms with van der Waals surface area (Å²) in [6.07, 6.45) is 2.96. The van der Waals surface area contributed by atoms with E-state index in [2.05, 4.69) is 20.2 Å². The molecule has 1 fully saturated rings. The van der Waals surface area contributed by atoms with Crippen LogP contribution in [0, 0.1) is 0 Å². The quantitative estimate of drug-likeness (QED) is 0.778. The Hall–Kier alpha value is -2.48. The number of piperazine rings is 1. The summed E-state index contributed by atoms with van der Waals surface area (Å²) in [5.41, 5.74) is 5.34. The van der Waals surface area contributed by atoms with Gasteiger partial charge in [0.1, 0.15) is 11.2 Å². The Morgan fingerprint density at radius 1 is 1.41 bits per heavy atom. The lowest BCUT2D eigenvalue weighted by Gasteiger charge is -2.27. The first-order valence-electron chi connectivity index (χ1n) is 7.27. The van der Waals surface area contributed by atoms with Crippen LogP contribution in [0.5, 0.6) is 0 Å². The minimum absolute atomic E-state index is 0.0344. The average molecular weight is 302 g/mol. The number of rotatable bonds is 3. The molecule has 1 aliphatic heterocycles. The maximum atomic E-state index is 12.3. The van der Waals surface area contributed by atoms with Crippen molar-refractivity contribution in [3.63, 3.8) is 0 Å². The molecule has 0 radical (unpaired) electrons. The average Bonchev–Trinajstić information content (AvgIpc) is 2.55. The van der Waals surface area contributed by atoms with E-state index in [9.17, 15) is 9.59 Å². The number of fused-ring (bicyclic) bond motifs is 1. The molecule has 0 unspecified atom stereocenters. The molecule has 3 rings (SSSR count). The predicted octanol–water partition coefficient (Wildman–Crippen LogP) is -0.680. The minimum atomic E-state index is -0.736. The maximum Gasteiger partial charge on any atom is 0.254 e. The van der Waals surface area contributed by atoms with Crippen LogP contribution < -0.4 is 21.4 Å². The van der Waals surface area contributed by atoms with Gasteiger partial charge in [0.05, 0.1) is 5.39 Å². The minimum Gasteiger partial charge on any atom is -0.365 e. The van der Waals surface area contributed by atoms with E-state index >= 15 is 0 Å². The highest BCUT2D eigenvalue weighted by atomic mass is 16.2. The second kappa shape index (κ2) is 5.72. The van der Waals surface area contributed by atoms with Crippen molar-refractivity contribution in [2.24, 2.45) is 5.73 Å². The molecule has 3 N–H and O–H groups in total. The van der Waals surface area contributed by atoms with Gasteiger partial charge >= 0.3 is 0 Å². The van der Waals surface area contributed by atoms with E-state index in [1.54, 1.807) is 4.57 Å². The molecule has 0 spiro atoms. The van der Waals surface area contributed by atoms with Gasteiger partial charge in [0.15, 0.2) is 0 Å². The number of aromatic nitrogens is 3. The first-order valence-corrected chi connectivity index (χ1v) is 7.27. The Balaban J connectivity index is 2.17. The van der Waals surface area contributed by atoms with Crippen LogP contribution in [0.1, 0.15) is 17.3 Å². The van der Waals surface area contributed by atoms with E-state index in [4.69, 9.17) is 5.73 Å². The molecule has 2 aromatic heterocycles. The fraction of sp³-hybridized carbons (Fsp3) is 0.429. The van der Waals surface area contributed by atoms with Crippen LogP contribution in [0.4, 0.5) is 5.95 Å². The number of amides is 1. The smallest absolute Gasteiger partial charge is 0.254 e. The molecule has 0 atom stereocenters. The van der Waals surface area contributed by atoms with Crippen molar-refractivity contribution >= 4 is 22.9 Å². The molecule has 1 aliphatic rings. The van der Waals surface area contributed by atoms with Crippen LogP contribution >= 0.6 is 0 Å². The second-order valence-corrected chi connectivity index (χ2v) is 5.17. The van der Waals surface area contributed by atoms with Crippen molar-refractivity contribution < 1.29 is 4.79 Å². The molecule has 0 saturated carbocycles. The number of hydrogen-bond donors (Lipinski definition) is 2. The Bertz CT molecular complexity index is 779. The molecule has 3 heterocycles. The molecule has 0 aliphatic carbocycles. The SMILES string of the molecule is CCn1cc(C(N)=O)c(=O)c2cnc(N3CCNCC3)nc21. The largest absolute Gasteiger partial charge is 0.365 e. The van der Waals surface area contributed by atoms with Crippen molar-refractivity contribution in [1.29, 1.82) is 0 Å². The van der Waals surface area contributed by atoms with Crippen molar-refractivity contribution in [3.05, 3.63) is 28.2 Å². The molecule has 1 amide bonds. The van der Waals surface area contributed by atoms with E-state index in [-0.39, 0.29) is 5.56 Å². The van der Waals surface area contributed by atoms with Crippen LogP contribution in [-0.4, -0.2) is 46.6 Å². The van der Waals surface area contributed by atoms with Crippen molar-refractivity contribution in [1.82, 2.24) is 19.9 Å². The van der Waals surface area contributed by atoms with Gasteiger partial charge in [-0.25, -0.2) is 4.98 Å². The van der Waals surface area contributed by atoms with Gasteiger partial charge in [0.25, 0.3) is 5.91 Å². The summed E-state index contributed by atoms with van der Waals surface area (Å²) in [6, 6.07) is 0. The van der Waals surface area contributed by atoms with Gasteiger partial charge in [-0.05, 0) is 6.92 Å². The van der Waals surface area contributed by atoms with Crippen LogP contribution in [0.2, 0.25) is 0 Å². The van der Waals surface area contributed by atoms with Gasteiger partial charge in [-0.1, -0.05) is 0 Å². The van der Waals surface area contributed by atoms with Gasteiger partial charge < -0.3 is 20.5 Å². The Morgan fingerprint density at radius 3 is 2.77 bits per heavy atom. The highest BCUT2D eigenvalue weighted by Crippen LogP contribution is 2.14. The van der Waals surface area contributed by atoms with Crippen LogP contribution in [-0.2, 0) is 6.54 Å². The Morgan fingerprint density at radius 2 is 2.14 bits per heavy atom. The van der Waals surface area contributed by atoms with E-state index in [0.29, 0.717) is 23.5 Å². The van der Waals surface area contributed by atoms with Crippen LogP contribution in [0.3, 0.4) is 0 Å². The molecule has 8 nitrogen and oxygen atoms in total. The first-order chi connectivity index (χ1) is 10.6. The second-order valence-electron chi connectivity index (χ2n) is 5.17. The number of pyridine rings is 1. The van der Waals surface area contributed by atoms with Crippen LogP contribution in [0.15, 0.2) is 17.2 Å². The third-order valence-corrected chi connectivity index (χ3v) is 3.81. The summed E-state index contributed by atoms with van der Waals surface area (Å²) in [5, 5.41) is 3.59. The van der Waals surface area contributed by atoms with Crippen molar-refractivity contribution in [2.75, 3.05) is 31.1 Å². The fourth-order valence-electron chi connectivity index (χ4n) is 2.60. The Labute approximate surface area is 127 Å². The fourth-order valence-corrected chi connectivity index (χ4v) is 2.60. The van der Waals surface area contributed by atoms with Gasteiger partial charge in [-0.15, -0.1) is 0 Å². The predicted molar refractivity (Wildman–Crippen MR) is 83.1 cm³/mol. The molecule has 8 heteroatoms. The maximum absolute atomic E-state index is 12.3. The summed E-state index contributed by atoms with van der Waals surface area (Å²) in [4.78, 5) is 34.6. The zero-order chi connectivity index (χ0) is 15.7. The van der Waals surface area contributed by atoms with Gasteiger partial charge in [0, 0.05) is 45.1 Å². The van der Waals surface area contributed by atoms with Gasteiger partial charge in [-0.3, -0.25) is 9.59 Å². The lowest BCUT2D eigenvalue weighted by molar-refractivity contribution is 0.0999. The molecule has 0 bridgehead atoms. The molecular formula is C14H18N6O2. The van der Waals surface area contributed by atoms with Crippen molar-refractivity contribution in [3.8, 4) is 0 Å². The molecule has 1 saturated heterocycles.